The number of ether oxygens (including phenoxy) is 3. The Hall–Kier alpha value is -3.83. The molecule has 2 N–H and O–H groups in total. The maximum absolute atomic E-state index is 12.3. The largest absolute Gasteiger partial charge is 0.490 e. The Labute approximate surface area is 194 Å². The lowest BCUT2D eigenvalue weighted by Gasteiger charge is -2.13. The van der Waals surface area contributed by atoms with Crippen molar-refractivity contribution in [2.45, 2.75) is 20.3 Å². The molecule has 0 fully saturated rings. The Bertz CT molecular complexity index is 983. The zero-order valence-corrected chi connectivity index (χ0v) is 18.9. The van der Waals surface area contributed by atoms with Crippen LogP contribution in [0.15, 0.2) is 54.1 Å². The molecule has 0 bridgehead atoms. The molecule has 0 saturated carbocycles. The first-order chi connectivity index (χ1) is 16.1. The highest BCUT2D eigenvalue weighted by atomic mass is 16.5. The maximum atomic E-state index is 12.3. The third kappa shape index (κ3) is 9.05. The third-order valence-electron chi connectivity index (χ3n) is 4.32. The molecule has 174 valence electrons. The van der Waals surface area contributed by atoms with Gasteiger partial charge >= 0.3 is 0 Å². The van der Waals surface area contributed by atoms with Crippen molar-refractivity contribution in [1.29, 1.82) is 5.26 Å². The predicted octanol–water partition coefficient (Wildman–Crippen LogP) is 3.55. The normalized spacial score (nSPS) is 10.8. The van der Waals surface area contributed by atoms with Crippen molar-refractivity contribution in [2.75, 3.05) is 38.3 Å². The van der Waals surface area contributed by atoms with Crippen LogP contribution < -0.4 is 20.1 Å². The van der Waals surface area contributed by atoms with Crippen molar-refractivity contribution in [3.8, 4) is 17.6 Å². The summed E-state index contributed by atoms with van der Waals surface area (Å²) in [4.78, 5) is 24.4. The Morgan fingerprint density at radius 1 is 1.03 bits per heavy atom. The van der Waals surface area contributed by atoms with E-state index < -0.39 is 5.91 Å². The summed E-state index contributed by atoms with van der Waals surface area (Å²) in [6.45, 7) is 5.50. The van der Waals surface area contributed by atoms with Gasteiger partial charge < -0.3 is 24.8 Å². The molecule has 2 rings (SSSR count). The Morgan fingerprint density at radius 3 is 2.52 bits per heavy atom. The quantitative estimate of drug-likeness (QED) is 0.274. The van der Waals surface area contributed by atoms with E-state index in [4.69, 9.17) is 14.2 Å². The third-order valence-corrected chi connectivity index (χ3v) is 4.32. The van der Waals surface area contributed by atoms with E-state index in [-0.39, 0.29) is 18.1 Å². The second-order valence-electron chi connectivity index (χ2n) is 6.82. The summed E-state index contributed by atoms with van der Waals surface area (Å²) in [7, 11) is 0. The summed E-state index contributed by atoms with van der Waals surface area (Å²) in [6.07, 6.45) is 2.14. The average molecular weight is 452 g/mol. The highest BCUT2D eigenvalue weighted by molar-refractivity contribution is 6.01. The number of para-hydroxylation sites is 1. The van der Waals surface area contributed by atoms with E-state index in [1.807, 2.05) is 38.1 Å². The van der Waals surface area contributed by atoms with Crippen molar-refractivity contribution in [3.05, 3.63) is 59.7 Å². The smallest absolute Gasteiger partial charge is 0.262 e. The van der Waals surface area contributed by atoms with Gasteiger partial charge in [0.05, 0.1) is 6.61 Å². The van der Waals surface area contributed by atoms with Crippen LogP contribution in [0.2, 0.25) is 0 Å². The first-order valence-electron chi connectivity index (χ1n) is 10.8. The average Bonchev–Trinajstić information content (AvgIpc) is 2.82. The number of benzene rings is 2. The van der Waals surface area contributed by atoms with Crippen LogP contribution in [0, 0.1) is 11.3 Å². The summed E-state index contributed by atoms with van der Waals surface area (Å²) in [5, 5.41) is 14.8. The lowest BCUT2D eigenvalue weighted by atomic mass is 10.1. The zero-order chi connectivity index (χ0) is 23.9. The topological polar surface area (TPSA) is 110 Å². The van der Waals surface area contributed by atoms with E-state index in [2.05, 4.69) is 10.6 Å². The van der Waals surface area contributed by atoms with Gasteiger partial charge in [0.2, 0.25) is 0 Å². The maximum Gasteiger partial charge on any atom is 0.262 e. The molecular formula is C25H29N3O5. The number of hydrogen-bond donors (Lipinski definition) is 2. The monoisotopic (exact) mass is 451 g/mol. The van der Waals surface area contributed by atoms with Gasteiger partial charge in [-0.05, 0) is 56.2 Å². The second-order valence-corrected chi connectivity index (χ2v) is 6.82. The van der Waals surface area contributed by atoms with E-state index >= 15 is 0 Å². The minimum Gasteiger partial charge on any atom is -0.490 e. The standard InChI is InChI=1S/C25H29N3O5/c1-3-31-14-8-13-27-25(30)20(17-26)15-19-11-12-22(23(16-19)32-4-2)33-18-24(29)28-21-9-6-5-7-10-21/h5-7,9-12,15-16H,3-4,8,13-14,18H2,1-2H3,(H,27,30)(H,28,29)/b20-15+. The fourth-order valence-electron chi connectivity index (χ4n) is 2.79. The molecule has 2 aromatic rings. The summed E-state index contributed by atoms with van der Waals surface area (Å²) < 4.78 is 16.5. The number of carbonyl (C=O) groups is 2. The number of nitrogens with one attached hydrogen (secondary N) is 2. The summed E-state index contributed by atoms with van der Waals surface area (Å²) in [5.74, 6) is 0.0366. The van der Waals surface area contributed by atoms with Crippen LogP contribution in [-0.2, 0) is 14.3 Å². The number of carbonyl (C=O) groups excluding carboxylic acids is 2. The van der Waals surface area contributed by atoms with Crippen LogP contribution in [0.5, 0.6) is 11.5 Å². The summed E-state index contributed by atoms with van der Waals surface area (Å²) in [5.41, 5.74) is 1.25. The molecular weight excluding hydrogens is 422 g/mol. The van der Waals surface area contributed by atoms with Crippen LogP contribution in [0.3, 0.4) is 0 Å². The fraction of sp³-hybridized carbons (Fsp3) is 0.320. The van der Waals surface area contributed by atoms with Crippen LogP contribution in [0.25, 0.3) is 6.08 Å². The molecule has 0 spiro atoms. The van der Waals surface area contributed by atoms with E-state index in [0.29, 0.717) is 55.5 Å². The Kier molecular flexibility index (Phi) is 11.0. The first-order valence-corrected chi connectivity index (χ1v) is 10.8. The van der Waals surface area contributed by atoms with Gasteiger partial charge in [0.25, 0.3) is 11.8 Å². The van der Waals surface area contributed by atoms with Gasteiger partial charge in [-0.2, -0.15) is 5.26 Å². The molecule has 8 heteroatoms. The molecule has 2 amide bonds. The number of hydrogen-bond acceptors (Lipinski definition) is 6. The zero-order valence-electron chi connectivity index (χ0n) is 18.9. The Morgan fingerprint density at radius 2 is 1.82 bits per heavy atom. The molecule has 0 atom stereocenters. The number of anilines is 1. The van der Waals surface area contributed by atoms with E-state index in [1.54, 1.807) is 30.3 Å². The van der Waals surface area contributed by atoms with Crippen LogP contribution in [-0.4, -0.2) is 44.8 Å². The van der Waals surface area contributed by atoms with Crippen LogP contribution >= 0.6 is 0 Å². The number of amides is 2. The Balaban J connectivity index is 2.02. The lowest BCUT2D eigenvalue weighted by molar-refractivity contribution is -0.118. The van der Waals surface area contributed by atoms with Crippen molar-refractivity contribution in [1.82, 2.24) is 5.32 Å². The van der Waals surface area contributed by atoms with Crippen molar-refractivity contribution in [2.24, 2.45) is 0 Å². The van der Waals surface area contributed by atoms with E-state index in [0.717, 1.165) is 0 Å². The fourth-order valence-corrected chi connectivity index (χ4v) is 2.79. The molecule has 0 aliphatic carbocycles. The number of rotatable bonds is 13. The molecule has 8 nitrogen and oxygen atoms in total. The highest BCUT2D eigenvalue weighted by Gasteiger charge is 2.12. The first kappa shape index (κ1) is 25.4. The summed E-state index contributed by atoms with van der Waals surface area (Å²) in [6, 6.07) is 16.0. The van der Waals surface area contributed by atoms with Crippen LogP contribution in [0.4, 0.5) is 5.69 Å². The molecule has 0 aliphatic rings. The molecule has 0 aliphatic heterocycles. The van der Waals surface area contributed by atoms with Gasteiger partial charge in [0.1, 0.15) is 11.6 Å². The van der Waals surface area contributed by atoms with E-state index in [1.165, 1.54) is 6.08 Å². The molecule has 2 aromatic carbocycles. The van der Waals surface area contributed by atoms with Gasteiger partial charge in [-0.3, -0.25) is 9.59 Å². The SMILES string of the molecule is CCOCCCNC(=O)/C(C#N)=C/c1ccc(OCC(=O)Nc2ccccc2)c(OCC)c1. The van der Waals surface area contributed by atoms with Gasteiger partial charge in [0, 0.05) is 25.4 Å². The van der Waals surface area contributed by atoms with Gasteiger partial charge in [-0.1, -0.05) is 24.3 Å². The van der Waals surface area contributed by atoms with Crippen LogP contribution in [0.1, 0.15) is 25.8 Å². The molecule has 33 heavy (non-hydrogen) atoms. The minimum absolute atomic E-state index is 0.0234. The molecule has 0 aromatic heterocycles. The predicted molar refractivity (Wildman–Crippen MR) is 126 cm³/mol. The van der Waals surface area contributed by atoms with Gasteiger partial charge in [-0.25, -0.2) is 0 Å². The van der Waals surface area contributed by atoms with E-state index in [9.17, 15) is 14.9 Å². The molecule has 0 unspecified atom stereocenters. The van der Waals surface area contributed by atoms with Crippen molar-refractivity contribution < 1.29 is 23.8 Å². The highest BCUT2D eigenvalue weighted by Crippen LogP contribution is 2.29. The molecule has 0 saturated heterocycles. The summed E-state index contributed by atoms with van der Waals surface area (Å²) >= 11 is 0. The van der Waals surface area contributed by atoms with Crippen molar-refractivity contribution in [3.63, 3.8) is 0 Å². The number of nitrogens with zero attached hydrogens (tertiary/aromatic N) is 1. The lowest BCUT2D eigenvalue weighted by Crippen LogP contribution is -2.26. The minimum atomic E-state index is -0.454. The van der Waals surface area contributed by atoms with Gasteiger partial charge in [0.15, 0.2) is 18.1 Å². The van der Waals surface area contributed by atoms with Crippen molar-refractivity contribution >= 4 is 23.6 Å². The second kappa shape index (κ2) is 14.3. The molecule has 0 radical (unpaired) electrons. The number of nitriles is 1. The molecule has 0 heterocycles. The van der Waals surface area contributed by atoms with Gasteiger partial charge in [-0.15, -0.1) is 0 Å².